The third kappa shape index (κ3) is 8.04. The quantitative estimate of drug-likeness (QED) is 0.303. The van der Waals surface area contributed by atoms with Gasteiger partial charge in [0, 0.05) is 17.6 Å². The van der Waals surface area contributed by atoms with Gasteiger partial charge in [0.1, 0.15) is 6.61 Å². The second-order valence-corrected chi connectivity index (χ2v) is 8.62. The molecule has 0 spiro atoms. The van der Waals surface area contributed by atoms with E-state index in [1.807, 2.05) is 30.3 Å². The largest absolute Gasteiger partial charge is 0.493 e. The second kappa shape index (κ2) is 13.0. The average Bonchev–Trinajstić information content (AvgIpc) is 2.77. The minimum Gasteiger partial charge on any atom is -0.493 e. The van der Waals surface area contributed by atoms with E-state index in [9.17, 15) is 0 Å². The maximum absolute atomic E-state index is 6.02. The smallest absolute Gasteiger partial charge is 0.175 e. The number of nitrogens with one attached hydrogen (secondary N) is 1. The van der Waals surface area contributed by atoms with E-state index < -0.39 is 0 Å². The number of methoxy groups -OCH3 is 1. The molecule has 6 heteroatoms. The fourth-order valence-corrected chi connectivity index (χ4v) is 3.90. The molecule has 0 aromatic heterocycles. The van der Waals surface area contributed by atoms with Crippen molar-refractivity contribution >= 4 is 39.9 Å². The van der Waals surface area contributed by atoms with Gasteiger partial charge in [-0.05, 0) is 76.7 Å². The lowest BCUT2D eigenvalue weighted by molar-refractivity contribution is 0.282. The van der Waals surface area contributed by atoms with E-state index in [2.05, 4.69) is 64.6 Å². The lowest BCUT2D eigenvalue weighted by Crippen LogP contribution is -2.26. The van der Waals surface area contributed by atoms with Crippen molar-refractivity contribution in [2.75, 3.05) is 7.11 Å². The monoisotopic (exact) mass is 523 g/mol. The molecule has 1 unspecified atom stereocenters. The first-order chi connectivity index (χ1) is 14.5. The molecule has 0 radical (unpaired) electrons. The maximum atomic E-state index is 6.02. The van der Waals surface area contributed by atoms with Crippen molar-refractivity contribution in [3.05, 3.63) is 92.9 Å². The van der Waals surface area contributed by atoms with Crippen LogP contribution >= 0.6 is 39.9 Å². The molecule has 0 saturated carbocycles. The van der Waals surface area contributed by atoms with Crippen molar-refractivity contribution in [2.45, 2.75) is 39.0 Å². The van der Waals surface area contributed by atoms with Crippen molar-refractivity contribution in [3.8, 4) is 11.5 Å². The SMILES string of the molecule is COc1cc(CNC(C)CCc2ccccc2)cc(Br)c1OCc1ccc(Cl)cc1.Cl. The topological polar surface area (TPSA) is 30.5 Å². The van der Waals surface area contributed by atoms with Crippen LogP contribution in [0, 0.1) is 0 Å². The van der Waals surface area contributed by atoms with Crippen LogP contribution in [0.15, 0.2) is 71.2 Å². The van der Waals surface area contributed by atoms with Gasteiger partial charge in [-0.25, -0.2) is 0 Å². The molecule has 0 fully saturated rings. The molecule has 3 aromatic carbocycles. The van der Waals surface area contributed by atoms with Gasteiger partial charge in [0.2, 0.25) is 0 Å². The van der Waals surface area contributed by atoms with Gasteiger partial charge >= 0.3 is 0 Å². The number of aryl methyl sites for hydroxylation is 1. The van der Waals surface area contributed by atoms with E-state index in [4.69, 9.17) is 21.1 Å². The standard InChI is InChI=1S/C25H27BrClNO2.ClH/c1-18(8-9-19-6-4-3-5-7-19)28-16-21-14-23(26)25(24(15-21)29-2)30-17-20-10-12-22(27)13-11-20;/h3-7,10-15,18,28H,8-9,16-17H2,1-2H3;1H. The minimum absolute atomic E-state index is 0. The van der Waals surface area contributed by atoms with Crippen LogP contribution in [0.5, 0.6) is 11.5 Å². The molecule has 0 amide bonds. The Morgan fingerprint density at radius 1 is 0.968 bits per heavy atom. The van der Waals surface area contributed by atoms with Crippen LogP contribution in [0.4, 0.5) is 0 Å². The van der Waals surface area contributed by atoms with Crippen LogP contribution in [0.2, 0.25) is 5.02 Å². The molecule has 1 N–H and O–H groups in total. The molecule has 0 heterocycles. The molecule has 3 nitrogen and oxygen atoms in total. The molecule has 0 aliphatic carbocycles. The summed E-state index contributed by atoms with van der Waals surface area (Å²) >= 11 is 9.59. The van der Waals surface area contributed by atoms with Gasteiger partial charge < -0.3 is 14.8 Å². The fraction of sp³-hybridized carbons (Fsp3) is 0.280. The second-order valence-electron chi connectivity index (χ2n) is 7.33. The van der Waals surface area contributed by atoms with E-state index in [0.29, 0.717) is 29.2 Å². The predicted molar refractivity (Wildman–Crippen MR) is 135 cm³/mol. The summed E-state index contributed by atoms with van der Waals surface area (Å²) in [6, 6.07) is 22.7. The Morgan fingerprint density at radius 3 is 2.35 bits per heavy atom. The molecule has 3 rings (SSSR count). The maximum Gasteiger partial charge on any atom is 0.175 e. The summed E-state index contributed by atoms with van der Waals surface area (Å²) in [5, 5.41) is 4.32. The van der Waals surface area contributed by atoms with E-state index in [1.54, 1.807) is 7.11 Å². The van der Waals surface area contributed by atoms with Gasteiger partial charge in [-0.1, -0.05) is 54.1 Å². The summed E-state index contributed by atoms with van der Waals surface area (Å²) in [4.78, 5) is 0. The fourth-order valence-electron chi connectivity index (χ4n) is 3.17. The van der Waals surface area contributed by atoms with Gasteiger partial charge in [-0.3, -0.25) is 0 Å². The normalized spacial score (nSPS) is 11.5. The predicted octanol–water partition coefficient (Wildman–Crippen LogP) is 7.22. The zero-order valence-electron chi connectivity index (χ0n) is 17.7. The molecule has 0 bridgehead atoms. The summed E-state index contributed by atoms with van der Waals surface area (Å²) in [5.41, 5.74) is 3.56. The third-order valence-corrected chi connectivity index (χ3v) is 5.79. The Bertz CT molecular complexity index is 936. The Labute approximate surface area is 204 Å². The average molecular weight is 525 g/mol. The zero-order valence-corrected chi connectivity index (χ0v) is 20.9. The van der Waals surface area contributed by atoms with Crippen molar-refractivity contribution in [1.29, 1.82) is 0 Å². The van der Waals surface area contributed by atoms with Crippen LogP contribution in [0.1, 0.15) is 30.0 Å². The van der Waals surface area contributed by atoms with E-state index in [0.717, 1.165) is 35.0 Å². The Hall–Kier alpha value is -1.72. The summed E-state index contributed by atoms with van der Waals surface area (Å²) in [5.74, 6) is 1.42. The molecule has 166 valence electrons. The number of hydrogen-bond acceptors (Lipinski definition) is 3. The molecule has 1 atom stereocenters. The molecule has 31 heavy (non-hydrogen) atoms. The minimum atomic E-state index is 0. The highest BCUT2D eigenvalue weighted by Crippen LogP contribution is 2.37. The van der Waals surface area contributed by atoms with Gasteiger partial charge in [0.05, 0.1) is 11.6 Å². The lowest BCUT2D eigenvalue weighted by atomic mass is 10.1. The number of benzene rings is 3. The third-order valence-electron chi connectivity index (χ3n) is 4.95. The number of hydrogen-bond donors (Lipinski definition) is 1. The van der Waals surface area contributed by atoms with Crippen molar-refractivity contribution in [2.24, 2.45) is 0 Å². The summed E-state index contributed by atoms with van der Waals surface area (Å²) < 4.78 is 12.5. The van der Waals surface area contributed by atoms with Gasteiger partial charge in [0.25, 0.3) is 0 Å². The highest BCUT2D eigenvalue weighted by atomic mass is 79.9. The molecule has 0 aliphatic heterocycles. The van der Waals surface area contributed by atoms with Crippen LogP contribution in [-0.4, -0.2) is 13.2 Å². The molecule has 0 saturated heterocycles. The number of ether oxygens (including phenoxy) is 2. The molecular weight excluding hydrogens is 497 g/mol. The van der Waals surface area contributed by atoms with Crippen molar-refractivity contribution in [3.63, 3.8) is 0 Å². The summed E-state index contributed by atoms with van der Waals surface area (Å²) in [6.45, 7) is 3.43. The molecular formula is C25H28BrCl2NO2. The highest BCUT2D eigenvalue weighted by Gasteiger charge is 2.13. The van der Waals surface area contributed by atoms with Crippen LogP contribution in [-0.2, 0) is 19.6 Å². The van der Waals surface area contributed by atoms with E-state index in [1.165, 1.54) is 5.56 Å². The van der Waals surface area contributed by atoms with Gasteiger partial charge in [0.15, 0.2) is 11.5 Å². The Morgan fingerprint density at radius 2 is 1.68 bits per heavy atom. The lowest BCUT2D eigenvalue weighted by Gasteiger charge is -2.17. The Kier molecular flexibility index (Phi) is 10.7. The summed E-state index contributed by atoms with van der Waals surface area (Å²) in [6.07, 6.45) is 2.16. The van der Waals surface area contributed by atoms with Crippen LogP contribution in [0.25, 0.3) is 0 Å². The zero-order chi connectivity index (χ0) is 21.3. The van der Waals surface area contributed by atoms with Gasteiger partial charge in [-0.2, -0.15) is 0 Å². The number of rotatable bonds is 10. The van der Waals surface area contributed by atoms with Crippen molar-refractivity contribution in [1.82, 2.24) is 5.32 Å². The van der Waals surface area contributed by atoms with Crippen LogP contribution in [0.3, 0.4) is 0 Å². The summed E-state index contributed by atoms with van der Waals surface area (Å²) in [7, 11) is 1.66. The Balaban J connectivity index is 0.00000341. The van der Waals surface area contributed by atoms with E-state index >= 15 is 0 Å². The highest BCUT2D eigenvalue weighted by molar-refractivity contribution is 9.10. The first-order valence-electron chi connectivity index (χ1n) is 10.1. The molecule has 0 aliphatic rings. The van der Waals surface area contributed by atoms with Crippen molar-refractivity contribution < 1.29 is 9.47 Å². The molecule has 3 aromatic rings. The van der Waals surface area contributed by atoms with Gasteiger partial charge in [-0.15, -0.1) is 12.4 Å². The number of halogens is 3. The first-order valence-corrected chi connectivity index (χ1v) is 11.2. The van der Waals surface area contributed by atoms with E-state index in [-0.39, 0.29) is 12.4 Å². The van der Waals surface area contributed by atoms with Crippen LogP contribution < -0.4 is 14.8 Å². The first kappa shape index (κ1) is 25.5.